The van der Waals surface area contributed by atoms with Crippen LogP contribution in [-0.2, 0) is 9.53 Å². The van der Waals surface area contributed by atoms with Gasteiger partial charge >= 0.3 is 12.1 Å². The number of carboxylic acid groups (broad SMARTS) is 1. The number of hydrogen-bond acceptors (Lipinski definition) is 3. The molecule has 19 heavy (non-hydrogen) atoms. The lowest BCUT2D eigenvalue weighted by molar-refractivity contribution is -0.173. The lowest BCUT2D eigenvalue weighted by atomic mass is 9.84. The van der Waals surface area contributed by atoms with E-state index in [0.717, 1.165) is 6.42 Å². The summed E-state index contributed by atoms with van der Waals surface area (Å²) >= 11 is 0. The average Bonchev–Trinajstić information content (AvgIpc) is 2.24. The first-order valence-electron chi connectivity index (χ1n) is 6.19. The molecule has 0 atom stereocenters. The van der Waals surface area contributed by atoms with Crippen LogP contribution in [-0.4, -0.2) is 43.6 Å². The van der Waals surface area contributed by atoms with Crippen LogP contribution in [0.1, 0.15) is 33.1 Å². The van der Waals surface area contributed by atoms with Crippen LogP contribution in [0.15, 0.2) is 0 Å². The van der Waals surface area contributed by atoms with Gasteiger partial charge in [-0.1, -0.05) is 13.8 Å². The third-order valence-corrected chi connectivity index (χ3v) is 2.68. The minimum Gasteiger partial charge on any atom is -0.481 e. The van der Waals surface area contributed by atoms with E-state index in [2.05, 4.69) is 10.1 Å². The molecule has 0 fully saturated rings. The Morgan fingerprint density at radius 2 is 1.84 bits per heavy atom. The summed E-state index contributed by atoms with van der Waals surface area (Å²) in [5, 5.41) is 11.6. The zero-order chi connectivity index (χ0) is 14.9. The summed E-state index contributed by atoms with van der Waals surface area (Å²) in [4.78, 5) is 10.5. The number of aliphatic carboxylic acids is 1. The number of hydrogen-bond donors (Lipinski definition) is 2. The fourth-order valence-electron chi connectivity index (χ4n) is 1.45. The maximum absolute atomic E-state index is 11.7. The van der Waals surface area contributed by atoms with Gasteiger partial charge in [0.15, 0.2) is 0 Å². The molecule has 0 saturated carbocycles. The van der Waals surface area contributed by atoms with Crippen molar-refractivity contribution >= 4 is 5.97 Å². The van der Waals surface area contributed by atoms with Gasteiger partial charge in [-0.2, -0.15) is 13.2 Å². The number of ether oxygens (including phenoxy) is 1. The van der Waals surface area contributed by atoms with Gasteiger partial charge in [0.05, 0.1) is 6.61 Å². The molecule has 0 amide bonds. The molecule has 0 aromatic carbocycles. The highest BCUT2D eigenvalue weighted by Crippen LogP contribution is 2.25. The molecule has 0 aliphatic rings. The van der Waals surface area contributed by atoms with Crippen LogP contribution >= 0.6 is 0 Å². The third-order valence-electron chi connectivity index (χ3n) is 2.68. The highest BCUT2D eigenvalue weighted by atomic mass is 19.4. The molecule has 0 aliphatic carbocycles. The minimum absolute atomic E-state index is 0.00899. The van der Waals surface area contributed by atoms with Gasteiger partial charge in [0.25, 0.3) is 0 Å². The van der Waals surface area contributed by atoms with E-state index in [4.69, 9.17) is 5.11 Å². The highest BCUT2D eigenvalue weighted by Gasteiger charge is 2.27. The Morgan fingerprint density at radius 3 is 2.37 bits per heavy atom. The maximum atomic E-state index is 11.7. The molecule has 0 saturated heterocycles. The smallest absolute Gasteiger partial charge is 0.411 e. The van der Waals surface area contributed by atoms with Gasteiger partial charge in [-0.3, -0.25) is 4.79 Å². The SMILES string of the molecule is CC(C)(CCNCCOCC(F)(F)F)CCC(=O)O. The Morgan fingerprint density at radius 1 is 1.21 bits per heavy atom. The molecule has 0 aromatic heterocycles. The van der Waals surface area contributed by atoms with Gasteiger partial charge in [0.1, 0.15) is 6.61 Å². The summed E-state index contributed by atoms with van der Waals surface area (Å²) in [6.07, 6.45) is -2.81. The minimum atomic E-state index is -4.28. The summed E-state index contributed by atoms with van der Waals surface area (Å²) < 4.78 is 39.7. The molecule has 114 valence electrons. The van der Waals surface area contributed by atoms with Crippen molar-refractivity contribution < 1.29 is 27.8 Å². The van der Waals surface area contributed by atoms with Gasteiger partial charge in [-0.25, -0.2) is 0 Å². The maximum Gasteiger partial charge on any atom is 0.411 e. The van der Waals surface area contributed by atoms with E-state index >= 15 is 0 Å². The predicted molar refractivity (Wildman–Crippen MR) is 65.0 cm³/mol. The third kappa shape index (κ3) is 13.4. The number of carbonyl (C=O) groups is 1. The van der Waals surface area contributed by atoms with Crippen molar-refractivity contribution in [3.05, 3.63) is 0 Å². The van der Waals surface area contributed by atoms with Crippen LogP contribution in [0.5, 0.6) is 0 Å². The molecule has 4 nitrogen and oxygen atoms in total. The van der Waals surface area contributed by atoms with Crippen LogP contribution in [0, 0.1) is 5.41 Å². The molecule has 0 heterocycles. The number of alkyl halides is 3. The molecule has 0 rings (SSSR count). The lowest BCUT2D eigenvalue weighted by Crippen LogP contribution is -2.27. The van der Waals surface area contributed by atoms with Crippen molar-refractivity contribution in [2.24, 2.45) is 5.41 Å². The Bertz CT molecular complexity index is 267. The molecule has 2 N–H and O–H groups in total. The first kappa shape index (κ1) is 18.2. The van der Waals surface area contributed by atoms with E-state index in [1.54, 1.807) is 0 Å². The molecule has 0 aromatic rings. The van der Waals surface area contributed by atoms with E-state index < -0.39 is 18.8 Å². The lowest BCUT2D eigenvalue weighted by Gasteiger charge is -2.23. The normalized spacial score (nSPS) is 12.7. The summed E-state index contributed by atoms with van der Waals surface area (Å²) in [7, 11) is 0. The topological polar surface area (TPSA) is 58.6 Å². The molecule has 0 spiro atoms. The van der Waals surface area contributed by atoms with Gasteiger partial charge in [0.2, 0.25) is 0 Å². The predicted octanol–water partition coefficient (Wildman–Crippen LogP) is 2.44. The summed E-state index contributed by atoms with van der Waals surface area (Å²) in [5.41, 5.74) is -0.0990. The van der Waals surface area contributed by atoms with Crippen LogP contribution in [0.3, 0.4) is 0 Å². The van der Waals surface area contributed by atoms with Crippen LogP contribution in [0.2, 0.25) is 0 Å². The van der Waals surface area contributed by atoms with Crippen molar-refractivity contribution in [1.29, 1.82) is 0 Å². The van der Waals surface area contributed by atoms with Crippen LogP contribution < -0.4 is 5.32 Å². The Balaban J connectivity index is 3.50. The van der Waals surface area contributed by atoms with E-state index in [-0.39, 0.29) is 18.4 Å². The molecule has 0 unspecified atom stereocenters. The zero-order valence-corrected chi connectivity index (χ0v) is 11.3. The Labute approximate surface area is 111 Å². The number of carboxylic acids is 1. The standard InChI is InChI=1S/C12H22F3NO3/c1-11(2,4-3-10(17)18)5-6-16-7-8-19-9-12(13,14)15/h16H,3-9H2,1-2H3,(H,17,18). The molecular weight excluding hydrogens is 263 g/mol. The largest absolute Gasteiger partial charge is 0.481 e. The van der Waals surface area contributed by atoms with Crippen molar-refractivity contribution in [2.75, 3.05) is 26.3 Å². The van der Waals surface area contributed by atoms with Gasteiger partial charge in [0, 0.05) is 13.0 Å². The first-order valence-corrected chi connectivity index (χ1v) is 6.19. The second-order valence-corrected chi connectivity index (χ2v) is 5.23. The fourth-order valence-corrected chi connectivity index (χ4v) is 1.45. The summed E-state index contributed by atoms with van der Waals surface area (Å²) in [6, 6.07) is 0. The first-order chi connectivity index (χ1) is 8.62. The Kier molecular flexibility index (Phi) is 8.01. The second kappa shape index (κ2) is 8.37. The monoisotopic (exact) mass is 285 g/mol. The molecule has 0 aliphatic heterocycles. The van der Waals surface area contributed by atoms with E-state index in [1.807, 2.05) is 13.8 Å². The molecule has 7 heteroatoms. The average molecular weight is 285 g/mol. The van der Waals surface area contributed by atoms with Gasteiger partial charge in [-0.15, -0.1) is 0 Å². The van der Waals surface area contributed by atoms with Gasteiger partial charge < -0.3 is 15.2 Å². The fraction of sp³-hybridized carbons (Fsp3) is 0.917. The number of rotatable bonds is 10. The van der Waals surface area contributed by atoms with E-state index in [9.17, 15) is 18.0 Å². The molecular formula is C12H22F3NO3. The summed E-state index contributed by atoms with van der Waals surface area (Å²) in [5.74, 6) is -0.818. The van der Waals surface area contributed by atoms with Crippen molar-refractivity contribution in [3.8, 4) is 0 Å². The molecule has 0 bridgehead atoms. The highest BCUT2D eigenvalue weighted by molar-refractivity contribution is 5.66. The van der Waals surface area contributed by atoms with Crippen molar-refractivity contribution in [3.63, 3.8) is 0 Å². The van der Waals surface area contributed by atoms with E-state index in [1.165, 1.54) is 0 Å². The molecule has 0 radical (unpaired) electrons. The van der Waals surface area contributed by atoms with Crippen LogP contribution in [0.4, 0.5) is 13.2 Å². The zero-order valence-electron chi connectivity index (χ0n) is 11.3. The van der Waals surface area contributed by atoms with Crippen LogP contribution in [0.25, 0.3) is 0 Å². The second-order valence-electron chi connectivity index (χ2n) is 5.23. The Hall–Kier alpha value is -0.820. The quantitative estimate of drug-likeness (QED) is 0.605. The van der Waals surface area contributed by atoms with Crippen molar-refractivity contribution in [1.82, 2.24) is 5.32 Å². The van der Waals surface area contributed by atoms with E-state index in [0.29, 0.717) is 19.5 Å². The van der Waals surface area contributed by atoms with Gasteiger partial charge in [-0.05, 0) is 24.8 Å². The summed E-state index contributed by atoms with van der Waals surface area (Å²) in [6.45, 7) is 3.70. The number of nitrogens with one attached hydrogen (secondary N) is 1. The number of halogens is 3. The van der Waals surface area contributed by atoms with Crippen molar-refractivity contribution in [2.45, 2.75) is 39.3 Å².